The van der Waals surface area contributed by atoms with Crippen LogP contribution in [0.15, 0.2) is 5.11 Å². The van der Waals surface area contributed by atoms with Gasteiger partial charge in [-0.3, -0.25) is 0 Å². The van der Waals surface area contributed by atoms with Crippen molar-refractivity contribution in [2.45, 2.75) is 25.4 Å². The van der Waals surface area contributed by atoms with Crippen LogP contribution in [0.25, 0.3) is 10.4 Å². The SMILES string of the molecule is C[C@H](CCOCC(N)CO)N=[N+]=[N-]. The van der Waals surface area contributed by atoms with Gasteiger partial charge in [0.2, 0.25) is 0 Å². The molecule has 2 atom stereocenters. The van der Waals surface area contributed by atoms with Crippen molar-refractivity contribution in [2.75, 3.05) is 19.8 Å². The summed E-state index contributed by atoms with van der Waals surface area (Å²) in [7, 11) is 0. The standard InChI is InChI=1S/C7H16N4O2/c1-6(10-11-9)2-3-13-5-7(8)4-12/h6-7,12H,2-5,8H2,1H3/t6-,7?/m1/s1. The molecule has 0 aromatic rings. The van der Waals surface area contributed by atoms with Gasteiger partial charge in [0.05, 0.1) is 19.3 Å². The summed E-state index contributed by atoms with van der Waals surface area (Å²) in [4.78, 5) is 2.67. The highest BCUT2D eigenvalue weighted by Crippen LogP contribution is 1.97. The fourth-order valence-electron chi connectivity index (χ4n) is 0.687. The number of nitrogens with zero attached hydrogens (tertiary/aromatic N) is 3. The maximum absolute atomic E-state index is 8.56. The Labute approximate surface area is 77.3 Å². The number of ether oxygens (including phenoxy) is 1. The minimum absolute atomic E-state index is 0.0599. The molecule has 3 N–H and O–H groups in total. The quantitative estimate of drug-likeness (QED) is 0.261. The molecule has 0 fully saturated rings. The van der Waals surface area contributed by atoms with Gasteiger partial charge in [-0.2, -0.15) is 0 Å². The predicted molar refractivity (Wildman–Crippen MR) is 49.1 cm³/mol. The zero-order chi connectivity index (χ0) is 10.1. The average molecular weight is 188 g/mol. The van der Waals surface area contributed by atoms with Crippen molar-refractivity contribution in [2.24, 2.45) is 10.8 Å². The molecule has 6 nitrogen and oxygen atoms in total. The first kappa shape index (κ1) is 12.2. The van der Waals surface area contributed by atoms with Gasteiger partial charge in [0, 0.05) is 17.6 Å². The van der Waals surface area contributed by atoms with Gasteiger partial charge in [-0.05, 0) is 12.0 Å². The first-order valence-electron chi connectivity index (χ1n) is 4.19. The van der Waals surface area contributed by atoms with Gasteiger partial charge in [0.1, 0.15) is 0 Å². The van der Waals surface area contributed by atoms with Gasteiger partial charge < -0.3 is 15.6 Å². The molecule has 0 bridgehead atoms. The van der Waals surface area contributed by atoms with Crippen LogP contribution in [0.4, 0.5) is 0 Å². The lowest BCUT2D eigenvalue weighted by atomic mass is 10.3. The molecule has 13 heavy (non-hydrogen) atoms. The molecule has 0 aliphatic rings. The van der Waals surface area contributed by atoms with E-state index in [0.717, 1.165) is 0 Å². The van der Waals surface area contributed by atoms with Gasteiger partial charge in [-0.1, -0.05) is 12.0 Å². The number of rotatable bonds is 7. The molecule has 0 heterocycles. The molecule has 0 aliphatic carbocycles. The van der Waals surface area contributed by atoms with E-state index in [1.807, 2.05) is 6.92 Å². The summed E-state index contributed by atoms with van der Waals surface area (Å²) < 4.78 is 5.13. The Hall–Kier alpha value is -0.810. The second-order valence-electron chi connectivity index (χ2n) is 2.86. The summed E-state index contributed by atoms with van der Waals surface area (Å²) in [6.07, 6.45) is 0.669. The smallest absolute Gasteiger partial charge is 0.0639 e. The Kier molecular flexibility index (Phi) is 7.33. The summed E-state index contributed by atoms with van der Waals surface area (Å²) >= 11 is 0. The summed E-state index contributed by atoms with van der Waals surface area (Å²) in [5, 5.41) is 12.0. The van der Waals surface area contributed by atoms with E-state index in [0.29, 0.717) is 19.6 Å². The zero-order valence-electron chi connectivity index (χ0n) is 7.76. The highest BCUT2D eigenvalue weighted by atomic mass is 16.5. The third-order valence-electron chi connectivity index (χ3n) is 1.50. The van der Waals surface area contributed by atoms with Crippen LogP contribution < -0.4 is 5.73 Å². The Balaban J connectivity index is 3.30. The van der Waals surface area contributed by atoms with E-state index in [4.69, 9.17) is 21.1 Å². The van der Waals surface area contributed by atoms with Crippen molar-refractivity contribution < 1.29 is 9.84 Å². The monoisotopic (exact) mass is 188 g/mol. The summed E-state index contributed by atoms with van der Waals surface area (Å²) in [6.45, 7) is 2.56. The normalized spacial score (nSPS) is 14.7. The highest BCUT2D eigenvalue weighted by Gasteiger charge is 2.01. The molecule has 0 saturated carbocycles. The van der Waals surface area contributed by atoms with Crippen LogP contribution in [0.5, 0.6) is 0 Å². The van der Waals surface area contributed by atoms with Crippen molar-refractivity contribution in [3.05, 3.63) is 10.4 Å². The second kappa shape index (κ2) is 7.82. The number of nitrogens with two attached hydrogens (primary N) is 1. The molecule has 0 spiro atoms. The topological polar surface area (TPSA) is 104 Å². The van der Waals surface area contributed by atoms with Crippen LogP contribution in [0.1, 0.15) is 13.3 Å². The largest absolute Gasteiger partial charge is 0.395 e. The Morgan fingerprint density at radius 3 is 2.92 bits per heavy atom. The lowest BCUT2D eigenvalue weighted by molar-refractivity contribution is 0.0969. The molecule has 0 aromatic carbocycles. The van der Waals surface area contributed by atoms with E-state index in [1.54, 1.807) is 0 Å². The number of hydrogen-bond acceptors (Lipinski definition) is 4. The molecular weight excluding hydrogens is 172 g/mol. The first-order valence-corrected chi connectivity index (χ1v) is 4.19. The van der Waals surface area contributed by atoms with Crippen LogP contribution in [0.2, 0.25) is 0 Å². The van der Waals surface area contributed by atoms with Crippen molar-refractivity contribution in [1.82, 2.24) is 0 Å². The highest BCUT2D eigenvalue weighted by molar-refractivity contribution is 4.61. The maximum Gasteiger partial charge on any atom is 0.0639 e. The van der Waals surface area contributed by atoms with Crippen LogP contribution in [-0.4, -0.2) is 37.0 Å². The van der Waals surface area contributed by atoms with E-state index in [9.17, 15) is 0 Å². The Morgan fingerprint density at radius 1 is 1.69 bits per heavy atom. The third-order valence-corrected chi connectivity index (χ3v) is 1.50. The summed E-state index contributed by atoms with van der Waals surface area (Å²) in [6, 6.07) is -0.384. The summed E-state index contributed by atoms with van der Waals surface area (Å²) in [5.74, 6) is 0. The molecule has 0 saturated heterocycles. The Bertz CT molecular complexity index is 170. The molecule has 6 heteroatoms. The van der Waals surface area contributed by atoms with Crippen LogP contribution >= 0.6 is 0 Å². The molecular formula is C7H16N4O2. The Morgan fingerprint density at radius 2 is 2.38 bits per heavy atom. The number of azide groups is 1. The van der Waals surface area contributed by atoms with E-state index < -0.39 is 0 Å². The van der Waals surface area contributed by atoms with E-state index in [2.05, 4.69) is 10.0 Å². The molecule has 0 radical (unpaired) electrons. The second-order valence-corrected chi connectivity index (χ2v) is 2.86. The zero-order valence-corrected chi connectivity index (χ0v) is 7.76. The molecule has 1 unspecified atom stereocenters. The third kappa shape index (κ3) is 7.55. The van der Waals surface area contributed by atoms with Gasteiger partial charge >= 0.3 is 0 Å². The fraction of sp³-hybridized carbons (Fsp3) is 1.00. The average Bonchev–Trinajstić information content (AvgIpc) is 2.12. The molecule has 0 amide bonds. The lowest BCUT2D eigenvalue weighted by Gasteiger charge is -2.09. The minimum atomic E-state index is -0.324. The van der Waals surface area contributed by atoms with Crippen molar-refractivity contribution in [3.8, 4) is 0 Å². The van der Waals surface area contributed by atoms with Crippen molar-refractivity contribution >= 4 is 0 Å². The molecule has 0 rings (SSSR count). The number of aliphatic hydroxyl groups is 1. The lowest BCUT2D eigenvalue weighted by Crippen LogP contribution is -2.30. The van der Waals surface area contributed by atoms with Crippen LogP contribution in [0, 0.1) is 0 Å². The first-order chi connectivity index (χ1) is 6.20. The fourth-order valence-corrected chi connectivity index (χ4v) is 0.687. The van der Waals surface area contributed by atoms with Gasteiger partial charge in [0.15, 0.2) is 0 Å². The van der Waals surface area contributed by atoms with Crippen LogP contribution in [0.3, 0.4) is 0 Å². The van der Waals surface area contributed by atoms with Crippen LogP contribution in [-0.2, 0) is 4.74 Å². The van der Waals surface area contributed by atoms with Crippen molar-refractivity contribution in [3.63, 3.8) is 0 Å². The minimum Gasteiger partial charge on any atom is -0.395 e. The van der Waals surface area contributed by atoms with E-state index in [-0.39, 0.29) is 18.7 Å². The van der Waals surface area contributed by atoms with Gasteiger partial charge in [-0.15, -0.1) is 0 Å². The molecule has 76 valence electrons. The van der Waals surface area contributed by atoms with Crippen molar-refractivity contribution in [1.29, 1.82) is 0 Å². The molecule has 0 aliphatic heterocycles. The van der Waals surface area contributed by atoms with E-state index >= 15 is 0 Å². The van der Waals surface area contributed by atoms with Gasteiger partial charge in [-0.25, -0.2) is 0 Å². The maximum atomic E-state index is 8.56. The molecule has 0 aromatic heterocycles. The van der Waals surface area contributed by atoms with Gasteiger partial charge in [0.25, 0.3) is 0 Å². The number of aliphatic hydroxyl groups excluding tert-OH is 1. The van der Waals surface area contributed by atoms with E-state index in [1.165, 1.54) is 0 Å². The predicted octanol–water partition coefficient (Wildman–Crippen LogP) is 0.411. The summed E-state index contributed by atoms with van der Waals surface area (Å²) in [5.41, 5.74) is 13.5. The number of hydrogen-bond donors (Lipinski definition) is 2.